The number of carboxylic acid groups (broad SMARTS) is 1. The Morgan fingerprint density at radius 3 is 2.11 bits per heavy atom. The van der Waals surface area contributed by atoms with Gasteiger partial charge in [0.2, 0.25) is 0 Å². The third kappa shape index (κ3) is 5.48. The number of benzene rings is 3. The smallest absolute Gasteiger partial charge is 0.416 e. The van der Waals surface area contributed by atoms with Gasteiger partial charge in [0.15, 0.2) is 23.3 Å². The van der Waals surface area contributed by atoms with Gasteiger partial charge in [-0.05, 0) is 35.9 Å². The summed E-state index contributed by atoms with van der Waals surface area (Å²) in [5.41, 5.74) is -4.22. The molecule has 0 saturated heterocycles. The number of carbonyl (C=O) groups is 2. The molecule has 3 rings (SSSR count). The topological polar surface area (TPSA) is 75.6 Å². The molecule has 1 amide bonds. The number of nitrogens with one attached hydrogen (secondary N) is 1. The maximum atomic E-state index is 14.1. The van der Waals surface area contributed by atoms with Gasteiger partial charge in [0.25, 0.3) is 5.91 Å². The van der Waals surface area contributed by atoms with Crippen molar-refractivity contribution in [2.45, 2.75) is 12.8 Å². The lowest BCUT2D eigenvalue weighted by Crippen LogP contribution is -2.22. The van der Waals surface area contributed by atoms with Crippen LogP contribution in [0.4, 0.5) is 36.4 Å². The van der Waals surface area contributed by atoms with Crippen LogP contribution < -0.4 is 10.1 Å². The van der Waals surface area contributed by atoms with E-state index < -0.39 is 58.0 Å². The van der Waals surface area contributed by atoms with Gasteiger partial charge in [-0.25, -0.2) is 22.4 Å². The summed E-state index contributed by atoms with van der Waals surface area (Å²) in [5.74, 6) is -13.1. The fourth-order valence-corrected chi connectivity index (χ4v) is 3.17. The van der Waals surface area contributed by atoms with Gasteiger partial charge in [-0.2, -0.15) is 13.2 Å². The van der Waals surface area contributed by atoms with Crippen molar-refractivity contribution in [3.63, 3.8) is 0 Å². The number of hydrogen-bond acceptors (Lipinski definition) is 3. The van der Waals surface area contributed by atoms with Gasteiger partial charge < -0.3 is 15.2 Å². The molecule has 0 aliphatic heterocycles. The molecule has 3 aromatic rings. The Morgan fingerprint density at radius 2 is 1.54 bits per heavy atom. The fraction of sp³-hybridized carbons (Fsp3) is 0.0909. The molecular weight excluding hydrogens is 511 g/mol. The highest BCUT2D eigenvalue weighted by Gasteiger charge is 2.33. The molecule has 0 heterocycles. The molecule has 0 radical (unpaired) electrons. The SMILES string of the molecule is O=C(O)c1c(F)c(F)c(F)c(F)c1C(=O)Nc1ccc(OCc2cccc(C(F)(F)F)c2)c(Cl)c1. The molecule has 0 aliphatic rings. The summed E-state index contributed by atoms with van der Waals surface area (Å²) < 4.78 is 98.7. The van der Waals surface area contributed by atoms with Crippen molar-refractivity contribution in [2.75, 3.05) is 5.32 Å². The first-order chi connectivity index (χ1) is 16.3. The van der Waals surface area contributed by atoms with Crippen LogP contribution in [-0.4, -0.2) is 17.0 Å². The molecule has 0 bridgehead atoms. The van der Waals surface area contributed by atoms with Gasteiger partial charge in [0, 0.05) is 5.69 Å². The Bertz CT molecular complexity index is 1330. The van der Waals surface area contributed by atoms with Crippen molar-refractivity contribution in [2.24, 2.45) is 0 Å². The second kappa shape index (κ2) is 9.82. The van der Waals surface area contributed by atoms with Crippen LogP contribution in [0.3, 0.4) is 0 Å². The molecule has 13 heteroatoms. The van der Waals surface area contributed by atoms with Crippen molar-refractivity contribution in [3.05, 3.63) is 93.0 Å². The maximum Gasteiger partial charge on any atom is 0.416 e. The van der Waals surface area contributed by atoms with Gasteiger partial charge in [-0.15, -0.1) is 0 Å². The number of carbonyl (C=O) groups excluding carboxylic acids is 1. The highest BCUT2D eigenvalue weighted by atomic mass is 35.5. The van der Waals surface area contributed by atoms with E-state index in [2.05, 4.69) is 0 Å². The summed E-state index contributed by atoms with van der Waals surface area (Å²) in [6.07, 6.45) is -4.55. The summed E-state index contributed by atoms with van der Waals surface area (Å²) >= 11 is 6.02. The quantitative estimate of drug-likeness (QED) is 0.222. The second-order valence-electron chi connectivity index (χ2n) is 6.90. The van der Waals surface area contributed by atoms with Crippen LogP contribution in [0.25, 0.3) is 0 Å². The van der Waals surface area contributed by atoms with Crippen LogP contribution in [0.2, 0.25) is 5.02 Å². The van der Waals surface area contributed by atoms with Crippen molar-refractivity contribution in [1.82, 2.24) is 0 Å². The Labute approximate surface area is 196 Å². The fourth-order valence-electron chi connectivity index (χ4n) is 2.93. The summed E-state index contributed by atoms with van der Waals surface area (Å²) in [4.78, 5) is 23.6. The monoisotopic (exact) mass is 521 g/mol. The number of amides is 1. The van der Waals surface area contributed by atoms with Crippen LogP contribution in [0.15, 0.2) is 42.5 Å². The first-order valence-corrected chi connectivity index (χ1v) is 9.68. The van der Waals surface area contributed by atoms with Gasteiger partial charge in [0.05, 0.1) is 16.1 Å². The molecule has 0 unspecified atom stereocenters. The van der Waals surface area contributed by atoms with Crippen LogP contribution >= 0.6 is 11.6 Å². The van der Waals surface area contributed by atoms with Gasteiger partial charge in [-0.3, -0.25) is 4.79 Å². The molecule has 184 valence electrons. The predicted octanol–water partition coefficient (Wildman–Crippen LogP) is 6.44. The molecule has 5 nitrogen and oxygen atoms in total. The Balaban J connectivity index is 1.81. The summed E-state index contributed by atoms with van der Waals surface area (Å²) in [6, 6.07) is 7.66. The molecule has 0 aromatic heterocycles. The summed E-state index contributed by atoms with van der Waals surface area (Å²) in [6.45, 7) is -0.309. The Kier molecular flexibility index (Phi) is 7.25. The second-order valence-corrected chi connectivity index (χ2v) is 7.30. The number of rotatable bonds is 6. The van der Waals surface area contributed by atoms with Crippen molar-refractivity contribution in [3.8, 4) is 5.75 Å². The first-order valence-electron chi connectivity index (χ1n) is 9.30. The molecule has 0 fully saturated rings. The maximum absolute atomic E-state index is 14.1. The standard InChI is InChI=1S/C22H11ClF7NO4/c23-12-7-11(4-5-13(12)35-8-9-2-1-3-10(6-9)22(28,29)30)31-20(32)14-15(21(33)34)17(25)19(27)18(26)16(14)24/h1-7H,8H2,(H,31,32)(H,33,34). The summed E-state index contributed by atoms with van der Waals surface area (Å²) in [5, 5.41) is 10.8. The Hall–Kier alpha value is -3.80. The predicted molar refractivity (Wildman–Crippen MR) is 108 cm³/mol. The van der Waals surface area contributed by atoms with Crippen LogP contribution in [0.5, 0.6) is 5.75 Å². The minimum Gasteiger partial charge on any atom is -0.487 e. The number of hydrogen-bond donors (Lipinski definition) is 2. The first kappa shape index (κ1) is 25.8. The van der Waals surface area contributed by atoms with E-state index in [9.17, 15) is 40.3 Å². The van der Waals surface area contributed by atoms with Crippen LogP contribution in [-0.2, 0) is 12.8 Å². The van der Waals surface area contributed by atoms with E-state index >= 15 is 0 Å². The van der Waals surface area contributed by atoms with Gasteiger partial charge >= 0.3 is 12.1 Å². The minimum atomic E-state index is -4.55. The number of alkyl halides is 3. The number of aromatic carboxylic acids is 1. The third-order valence-corrected chi connectivity index (χ3v) is 4.84. The number of ether oxygens (including phenoxy) is 1. The lowest BCUT2D eigenvalue weighted by molar-refractivity contribution is -0.137. The molecule has 2 N–H and O–H groups in total. The summed E-state index contributed by atoms with van der Waals surface area (Å²) in [7, 11) is 0. The van der Waals surface area contributed by atoms with E-state index in [0.29, 0.717) is 0 Å². The van der Waals surface area contributed by atoms with Gasteiger partial charge in [-0.1, -0.05) is 23.7 Å². The number of halogens is 8. The zero-order chi connectivity index (χ0) is 26.1. The molecule has 0 saturated carbocycles. The lowest BCUT2D eigenvalue weighted by atomic mass is 10.0. The average molecular weight is 522 g/mol. The third-order valence-electron chi connectivity index (χ3n) is 4.55. The van der Waals surface area contributed by atoms with Gasteiger partial charge in [0.1, 0.15) is 17.9 Å². The van der Waals surface area contributed by atoms with Crippen LogP contribution in [0, 0.1) is 23.3 Å². The molecule has 0 spiro atoms. The number of carboxylic acids is 1. The number of anilines is 1. The zero-order valence-electron chi connectivity index (χ0n) is 16.9. The van der Waals surface area contributed by atoms with E-state index in [-0.39, 0.29) is 28.6 Å². The zero-order valence-corrected chi connectivity index (χ0v) is 17.7. The van der Waals surface area contributed by atoms with Crippen molar-refractivity contribution >= 4 is 29.2 Å². The van der Waals surface area contributed by atoms with E-state index in [1.165, 1.54) is 18.2 Å². The molecule has 35 heavy (non-hydrogen) atoms. The largest absolute Gasteiger partial charge is 0.487 e. The van der Waals surface area contributed by atoms with Crippen molar-refractivity contribution in [1.29, 1.82) is 0 Å². The Morgan fingerprint density at radius 1 is 0.914 bits per heavy atom. The molecule has 3 aromatic carbocycles. The molecular formula is C22H11ClF7NO4. The molecule has 0 atom stereocenters. The van der Waals surface area contributed by atoms with E-state index in [1.54, 1.807) is 0 Å². The molecule has 0 aliphatic carbocycles. The van der Waals surface area contributed by atoms with Crippen LogP contribution in [0.1, 0.15) is 31.8 Å². The van der Waals surface area contributed by atoms with E-state index in [0.717, 1.165) is 24.3 Å². The van der Waals surface area contributed by atoms with Crippen molar-refractivity contribution < 1.29 is 50.2 Å². The minimum absolute atomic E-state index is 0.0293. The normalized spacial score (nSPS) is 11.3. The highest BCUT2D eigenvalue weighted by Crippen LogP contribution is 2.32. The highest BCUT2D eigenvalue weighted by molar-refractivity contribution is 6.32. The average Bonchev–Trinajstić information content (AvgIpc) is 2.78. The van der Waals surface area contributed by atoms with E-state index in [4.69, 9.17) is 21.4 Å². The van der Waals surface area contributed by atoms with E-state index in [1.807, 2.05) is 5.32 Å². The lowest BCUT2D eigenvalue weighted by Gasteiger charge is -2.13.